The standard InChI is InChI=1S/C17H28N2O3/c1-13(2)19-8-7-18(12-15(19)6-9-20)11-14-4-5-17(22-3)16(21)10-14/h4-5,10,13,15,20-21H,6-9,11-12H2,1-3H3/t15-/m1/s1. The Balaban J connectivity index is 2.00. The highest BCUT2D eigenvalue weighted by molar-refractivity contribution is 5.41. The van der Waals surface area contributed by atoms with Crippen molar-refractivity contribution < 1.29 is 14.9 Å². The number of rotatable bonds is 6. The van der Waals surface area contributed by atoms with Gasteiger partial charge in [-0.1, -0.05) is 6.07 Å². The molecule has 124 valence electrons. The van der Waals surface area contributed by atoms with Gasteiger partial charge in [-0.25, -0.2) is 0 Å². The van der Waals surface area contributed by atoms with Gasteiger partial charge >= 0.3 is 0 Å². The van der Waals surface area contributed by atoms with Crippen LogP contribution < -0.4 is 4.74 Å². The maximum Gasteiger partial charge on any atom is 0.160 e. The van der Waals surface area contributed by atoms with E-state index in [9.17, 15) is 10.2 Å². The molecular weight excluding hydrogens is 280 g/mol. The fourth-order valence-electron chi connectivity index (χ4n) is 3.26. The number of aliphatic hydroxyl groups excluding tert-OH is 1. The number of aliphatic hydroxyl groups is 1. The minimum Gasteiger partial charge on any atom is -0.504 e. The minimum absolute atomic E-state index is 0.188. The Labute approximate surface area is 133 Å². The van der Waals surface area contributed by atoms with Crippen LogP contribution in [-0.4, -0.2) is 65.4 Å². The van der Waals surface area contributed by atoms with Crippen LogP contribution in [0.1, 0.15) is 25.8 Å². The number of nitrogens with zero attached hydrogens (tertiary/aromatic N) is 2. The van der Waals surface area contributed by atoms with Gasteiger partial charge in [0.25, 0.3) is 0 Å². The molecule has 0 spiro atoms. The fraction of sp³-hybridized carbons (Fsp3) is 0.647. The van der Waals surface area contributed by atoms with Crippen molar-refractivity contribution in [2.75, 3.05) is 33.4 Å². The molecule has 5 heteroatoms. The predicted octanol–water partition coefficient (Wildman–Crippen LogP) is 1.68. The Morgan fingerprint density at radius 1 is 1.32 bits per heavy atom. The van der Waals surface area contributed by atoms with Crippen LogP contribution in [0.4, 0.5) is 0 Å². The molecule has 0 unspecified atom stereocenters. The molecule has 0 bridgehead atoms. The first-order chi connectivity index (χ1) is 10.5. The van der Waals surface area contributed by atoms with Gasteiger partial charge < -0.3 is 14.9 Å². The highest BCUT2D eigenvalue weighted by atomic mass is 16.5. The molecule has 2 rings (SSSR count). The average Bonchev–Trinajstić information content (AvgIpc) is 2.48. The molecule has 0 amide bonds. The minimum atomic E-state index is 0.188. The maximum atomic E-state index is 9.89. The lowest BCUT2D eigenvalue weighted by molar-refractivity contribution is 0.0349. The molecule has 0 saturated carbocycles. The normalized spacial score (nSPS) is 20.5. The average molecular weight is 308 g/mol. The SMILES string of the molecule is COc1ccc(CN2CCN(C(C)C)[C@H](CCO)C2)cc1O. The van der Waals surface area contributed by atoms with E-state index in [1.54, 1.807) is 19.2 Å². The van der Waals surface area contributed by atoms with Gasteiger partial charge in [0.15, 0.2) is 11.5 Å². The van der Waals surface area contributed by atoms with E-state index in [1.165, 1.54) is 0 Å². The summed E-state index contributed by atoms with van der Waals surface area (Å²) in [5, 5.41) is 19.2. The second-order valence-corrected chi connectivity index (χ2v) is 6.24. The molecule has 22 heavy (non-hydrogen) atoms. The Hall–Kier alpha value is -1.30. The van der Waals surface area contributed by atoms with Gasteiger partial charge in [-0.2, -0.15) is 0 Å². The summed E-state index contributed by atoms with van der Waals surface area (Å²) in [7, 11) is 1.55. The summed E-state index contributed by atoms with van der Waals surface area (Å²) in [6.45, 7) is 8.43. The van der Waals surface area contributed by atoms with Crippen molar-refractivity contribution in [2.45, 2.75) is 38.9 Å². The number of benzene rings is 1. The van der Waals surface area contributed by atoms with Crippen LogP contribution in [0.15, 0.2) is 18.2 Å². The van der Waals surface area contributed by atoms with E-state index >= 15 is 0 Å². The molecule has 1 saturated heterocycles. The molecule has 1 aromatic carbocycles. The zero-order valence-electron chi connectivity index (χ0n) is 13.8. The van der Waals surface area contributed by atoms with Crippen molar-refractivity contribution in [2.24, 2.45) is 0 Å². The highest BCUT2D eigenvalue weighted by Crippen LogP contribution is 2.27. The first-order valence-corrected chi connectivity index (χ1v) is 8.00. The van der Waals surface area contributed by atoms with E-state index in [4.69, 9.17) is 4.74 Å². The van der Waals surface area contributed by atoms with Gasteiger partial charge in [0.05, 0.1) is 7.11 Å². The van der Waals surface area contributed by atoms with Crippen LogP contribution in [0.5, 0.6) is 11.5 Å². The number of phenols is 1. The van der Waals surface area contributed by atoms with Crippen molar-refractivity contribution in [3.63, 3.8) is 0 Å². The van der Waals surface area contributed by atoms with E-state index in [2.05, 4.69) is 23.6 Å². The van der Waals surface area contributed by atoms with Gasteiger partial charge in [-0.15, -0.1) is 0 Å². The molecular formula is C17H28N2O3. The van der Waals surface area contributed by atoms with Crippen molar-refractivity contribution in [1.29, 1.82) is 0 Å². The number of piperazine rings is 1. The largest absolute Gasteiger partial charge is 0.504 e. The lowest BCUT2D eigenvalue weighted by atomic mass is 10.1. The maximum absolute atomic E-state index is 9.89. The van der Waals surface area contributed by atoms with Gasteiger partial charge in [0.2, 0.25) is 0 Å². The predicted molar refractivity (Wildman–Crippen MR) is 87.3 cm³/mol. The summed E-state index contributed by atoms with van der Waals surface area (Å²) in [6.07, 6.45) is 0.808. The summed E-state index contributed by atoms with van der Waals surface area (Å²) < 4.78 is 5.08. The van der Waals surface area contributed by atoms with Crippen molar-refractivity contribution >= 4 is 0 Å². The third kappa shape index (κ3) is 4.12. The molecule has 1 heterocycles. The lowest BCUT2D eigenvalue weighted by Crippen LogP contribution is -2.55. The Morgan fingerprint density at radius 3 is 2.68 bits per heavy atom. The first-order valence-electron chi connectivity index (χ1n) is 8.00. The molecule has 1 atom stereocenters. The summed E-state index contributed by atoms with van der Waals surface area (Å²) in [6, 6.07) is 6.47. The van der Waals surface area contributed by atoms with E-state index in [0.717, 1.165) is 38.2 Å². The van der Waals surface area contributed by atoms with Crippen molar-refractivity contribution in [3.8, 4) is 11.5 Å². The fourth-order valence-corrected chi connectivity index (χ4v) is 3.26. The molecule has 0 radical (unpaired) electrons. The number of hydrogen-bond donors (Lipinski definition) is 2. The molecule has 1 aliphatic heterocycles. The van der Waals surface area contributed by atoms with E-state index in [1.807, 2.05) is 6.07 Å². The first kappa shape index (κ1) is 17.1. The van der Waals surface area contributed by atoms with Crippen LogP contribution in [0.3, 0.4) is 0 Å². The smallest absolute Gasteiger partial charge is 0.160 e. The quantitative estimate of drug-likeness (QED) is 0.837. The van der Waals surface area contributed by atoms with Gasteiger partial charge in [0, 0.05) is 44.9 Å². The zero-order valence-corrected chi connectivity index (χ0v) is 13.8. The monoisotopic (exact) mass is 308 g/mol. The molecule has 5 nitrogen and oxygen atoms in total. The summed E-state index contributed by atoms with van der Waals surface area (Å²) in [5.41, 5.74) is 1.08. The Kier molecular flexibility index (Phi) is 6.06. The van der Waals surface area contributed by atoms with Crippen molar-refractivity contribution in [3.05, 3.63) is 23.8 Å². The third-order valence-electron chi connectivity index (χ3n) is 4.39. The van der Waals surface area contributed by atoms with Crippen LogP contribution in [0.25, 0.3) is 0 Å². The molecule has 1 fully saturated rings. The van der Waals surface area contributed by atoms with Crippen LogP contribution >= 0.6 is 0 Å². The van der Waals surface area contributed by atoms with Crippen LogP contribution in [0, 0.1) is 0 Å². The van der Waals surface area contributed by atoms with Crippen LogP contribution in [0.2, 0.25) is 0 Å². The van der Waals surface area contributed by atoms with E-state index in [-0.39, 0.29) is 12.4 Å². The summed E-state index contributed by atoms with van der Waals surface area (Å²) in [4.78, 5) is 4.86. The number of hydrogen-bond acceptors (Lipinski definition) is 5. The highest BCUT2D eigenvalue weighted by Gasteiger charge is 2.28. The number of aromatic hydroxyl groups is 1. The molecule has 1 aliphatic rings. The Morgan fingerprint density at radius 2 is 2.09 bits per heavy atom. The second-order valence-electron chi connectivity index (χ2n) is 6.24. The molecule has 1 aromatic rings. The van der Waals surface area contributed by atoms with Gasteiger partial charge in [-0.3, -0.25) is 9.80 Å². The summed E-state index contributed by atoms with van der Waals surface area (Å²) in [5.74, 6) is 0.694. The number of ether oxygens (including phenoxy) is 1. The molecule has 0 aromatic heterocycles. The number of methoxy groups -OCH3 is 1. The van der Waals surface area contributed by atoms with Gasteiger partial charge in [0.1, 0.15) is 0 Å². The zero-order chi connectivity index (χ0) is 16.1. The topological polar surface area (TPSA) is 56.2 Å². The molecule has 0 aliphatic carbocycles. The Bertz CT molecular complexity index is 479. The number of phenolic OH excluding ortho intramolecular Hbond substituents is 1. The molecule has 2 N–H and O–H groups in total. The lowest BCUT2D eigenvalue weighted by Gasteiger charge is -2.43. The van der Waals surface area contributed by atoms with Gasteiger partial charge in [-0.05, 0) is 38.0 Å². The van der Waals surface area contributed by atoms with E-state index < -0.39 is 0 Å². The van der Waals surface area contributed by atoms with Crippen molar-refractivity contribution in [1.82, 2.24) is 9.80 Å². The van der Waals surface area contributed by atoms with E-state index in [0.29, 0.717) is 17.8 Å². The third-order valence-corrected chi connectivity index (χ3v) is 4.39. The summed E-state index contributed by atoms with van der Waals surface area (Å²) >= 11 is 0. The second kappa shape index (κ2) is 7.81. The van der Waals surface area contributed by atoms with Crippen LogP contribution in [-0.2, 0) is 6.54 Å².